The van der Waals surface area contributed by atoms with Crippen LogP contribution in [0.1, 0.15) is 44.3 Å². The summed E-state index contributed by atoms with van der Waals surface area (Å²) < 4.78 is 1.94. The molecule has 2 N–H and O–H groups in total. The van der Waals surface area contributed by atoms with E-state index in [1.54, 1.807) is 0 Å². The predicted octanol–water partition coefficient (Wildman–Crippen LogP) is 3.45. The standard InChI is InChI=1S/C15H21N3/c1-2-3-5-10-14(16)15-11-12-17-18(15)13-8-6-4-7-9-13/h4,6-9,11-12,14H,2-3,5,10,16H2,1H3. The first kappa shape index (κ1) is 12.8. The third-order valence-electron chi connectivity index (χ3n) is 3.17. The minimum Gasteiger partial charge on any atom is -0.323 e. The Bertz CT molecular complexity index is 462. The smallest absolute Gasteiger partial charge is 0.0649 e. The van der Waals surface area contributed by atoms with E-state index in [0.717, 1.165) is 17.8 Å². The first-order valence-corrected chi connectivity index (χ1v) is 6.68. The summed E-state index contributed by atoms with van der Waals surface area (Å²) in [6.07, 6.45) is 6.49. The van der Waals surface area contributed by atoms with Crippen molar-refractivity contribution in [2.24, 2.45) is 5.73 Å². The van der Waals surface area contributed by atoms with Crippen LogP contribution in [0, 0.1) is 0 Å². The fourth-order valence-corrected chi connectivity index (χ4v) is 2.14. The fraction of sp³-hybridized carbons (Fsp3) is 0.400. The lowest BCUT2D eigenvalue weighted by molar-refractivity contribution is 0.556. The van der Waals surface area contributed by atoms with Gasteiger partial charge in [-0.15, -0.1) is 0 Å². The average Bonchev–Trinajstić information content (AvgIpc) is 2.89. The summed E-state index contributed by atoms with van der Waals surface area (Å²) in [6, 6.07) is 12.2. The molecule has 0 aliphatic heterocycles. The van der Waals surface area contributed by atoms with Gasteiger partial charge < -0.3 is 5.73 Å². The highest BCUT2D eigenvalue weighted by Crippen LogP contribution is 2.20. The third-order valence-corrected chi connectivity index (χ3v) is 3.17. The zero-order valence-electron chi connectivity index (χ0n) is 10.9. The van der Waals surface area contributed by atoms with Crippen molar-refractivity contribution in [2.45, 2.75) is 38.6 Å². The minimum absolute atomic E-state index is 0.0688. The van der Waals surface area contributed by atoms with Gasteiger partial charge in [0.15, 0.2) is 0 Å². The van der Waals surface area contributed by atoms with Crippen LogP contribution in [0.15, 0.2) is 42.6 Å². The van der Waals surface area contributed by atoms with Gasteiger partial charge in [-0.25, -0.2) is 4.68 Å². The molecule has 1 atom stereocenters. The summed E-state index contributed by atoms with van der Waals surface area (Å²) in [5.41, 5.74) is 8.42. The van der Waals surface area contributed by atoms with E-state index in [1.165, 1.54) is 19.3 Å². The van der Waals surface area contributed by atoms with Gasteiger partial charge in [0.05, 0.1) is 11.4 Å². The van der Waals surface area contributed by atoms with Gasteiger partial charge in [-0.1, -0.05) is 44.4 Å². The molecule has 96 valence electrons. The van der Waals surface area contributed by atoms with Crippen LogP contribution in [0.3, 0.4) is 0 Å². The molecule has 1 unspecified atom stereocenters. The van der Waals surface area contributed by atoms with Crippen LogP contribution in [-0.2, 0) is 0 Å². The van der Waals surface area contributed by atoms with E-state index in [-0.39, 0.29) is 6.04 Å². The second-order valence-electron chi connectivity index (χ2n) is 4.61. The van der Waals surface area contributed by atoms with E-state index < -0.39 is 0 Å². The Labute approximate surface area is 109 Å². The van der Waals surface area contributed by atoms with Crippen molar-refractivity contribution >= 4 is 0 Å². The molecule has 0 saturated heterocycles. The minimum atomic E-state index is 0.0688. The number of aromatic nitrogens is 2. The highest BCUT2D eigenvalue weighted by atomic mass is 15.3. The second kappa shape index (κ2) is 6.36. The van der Waals surface area contributed by atoms with Gasteiger partial charge in [-0.3, -0.25) is 0 Å². The van der Waals surface area contributed by atoms with Gasteiger partial charge in [0.2, 0.25) is 0 Å². The summed E-state index contributed by atoms with van der Waals surface area (Å²) in [5.74, 6) is 0. The maximum atomic E-state index is 6.26. The Morgan fingerprint density at radius 1 is 1.17 bits per heavy atom. The predicted molar refractivity (Wildman–Crippen MR) is 74.6 cm³/mol. The number of hydrogen-bond donors (Lipinski definition) is 1. The van der Waals surface area contributed by atoms with Crippen molar-refractivity contribution in [2.75, 3.05) is 0 Å². The maximum Gasteiger partial charge on any atom is 0.0649 e. The highest BCUT2D eigenvalue weighted by Gasteiger charge is 2.12. The van der Waals surface area contributed by atoms with Gasteiger partial charge in [-0.2, -0.15) is 5.10 Å². The highest BCUT2D eigenvalue weighted by molar-refractivity contribution is 5.33. The number of unbranched alkanes of at least 4 members (excludes halogenated alkanes) is 2. The van der Waals surface area contributed by atoms with Gasteiger partial charge in [0.25, 0.3) is 0 Å². The molecule has 0 aliphatic rings. The monoisotopic (exact) mass is 243 g/mol. The number of nitrogens with zero attached hydrogens (tertiary/aromatic N) is 2. The van der Waals surface area contributed by atoms with E-state index >= 15 is 0 Å². The van der Waals surface area contributed by atoms with Crippen LogP contribution >= 0.6 is 0 Å². The molecule has 3 nitrogen and oxygen atoms in total. The van der Waals surface area contributed by atoms with Crippen LogP contribution in [0.25, 0.3) is 5.69 Å². The lowest BCUT2D eigenvalue weighted by Crippen LogP contribution is -2.15. The zero-order chi connectivity index (χ0) is 12.8. The molecular weight excluding hydrogens is 222 g/mol. The number of para-hydroxylation sites is 1. The SMILES string of the molecule is CCCCCC(N)c1ccnn1-c1ccccc1. The van der Waals surface area contributed by atoms with Crippen molar-refractivity contribution in [1.82, 2.24) is 9.78 Å². The number of rotatable bonds is 6. The van der Waals surface area contributed by atoms with Crippen LogP contribution in [-0.4, -0.2) is 9.78 Å². The lowest BCUT2D eigenvalue weighted by atomic mass is 10.1. The topological polar surface area (TPSA) is 43.8 Å². The Hall–Kier alpha value is -1.61. The first-order valence-electron chi connectivity index (χ1n) is 6.68. The van der Waals surface area contributed by atoms with E-state index in [0.29, 0.717) is 0 Å². The van der Waals surface area contributed by atoms with Crippen LogP contribution in [0.2, 0.25) is 0 Å². The van der Waals surface area contributed by atoms with Crippen molar-refractivity contribution in [3.63, 3.8) is 0 Å². The fourth-order valence-electron chi connectivity index (χ4n) is 2.14. The van der Waals surface area contributed by atoms with Crippen molar-refractivity contribution in [3.8, 4) is 5.69 Å². The molecule has 1 aromatic carbocycles. The lowest BCUT2D eigenvalue weighted by Gasteiger charge is -2.14. The largest absolute Gasteiger partial charge is 0.323 e. The Morgan fingerprint density at radius 2 is 1.94 bits per heavy atom. The molecule has 1 heterocycles. The Kier molecular flexibility index (Phi) is 4.53. The van der Waals surface area contributed by atoms with Gasteiger partial charge in [0.1, 0.15) is 0 Å². The van der Waals surface area contributed by atoms with E-state index in [1.807, 2.05) is 35.1 Å². The van der Waals surface area contributed by atoms with Crippen molar-refractivity contribution in [3.05, 3.63) is 48.3 Å². The molecule has 1 aromatic heterocycles. The number of benzene rings is 1. The summed E-state index contributed by atoms with van der Waals surface area (Å²) in [5, 5.41) is 4.37. The normalized spacial score (nSPS) is 12.6. The molecule has 0 spiro atoms. The summed E-state index contributed by atoms with van der Waals surface area (Å²) in [6.45, 7) is 2.21. The molecule has 2 rings (SSSR count). The molecule has 0 aliphatic carbocycles. The molecular formula is C15H21N3. The number of hydrogen-bond acceptors (Lipinski definition) is 2. The average molecular weight is 243 g/mol. The zero-order valence-corrected chi connectivity index (χ0v) is 10.9. The summed E-state index contributed by atoms with van der Waals surface area (Å²) in [7, 11) is 0. The van der Waals surface area contributed by atoms with E-state index in [2.05, 4.69) is 24.2 Å². The van der Waals surface area contributed by atoms with Gasteiger partial charge >= 0.3 is 0 Å². The van der Waals surface area contributed by atoms with Gasteiger partial charge in [0, 0.05) is 12.2 Å². The van der Waals surface area contributed by atoms with Gasteiger partial charge in [-0.05, 0) is 24.6 Å². The molecule has 0 bridgehead atoms. The van der Waals surface area contributed by atoms with Crippen LogP contribution < -0.4 is 5.73 Å². The Balaban J connectivity index is 2.12. The molecule has 0 saturated carbocycles. The molecule has 0 radical (unpaired) electrons. The molecule has 0 fully saturated rings. The van der Waals surface area contributed by atoms with E-state index in [4.69, 9.17) is 5.73 Å². The third kappa shape index (κ3) is 2.99. The molecule has 2 aromatic rings. The molecule has 18 heavy (non-hydrogen) atoms. The quantitative estimate of drug-likeness (QED) is 0.790. The summed E-state index contributed by atoms with van der Waals surface area (Å²) in [4.78, 5) is 0. The summed E-state index contributed by atoms with van der Waals surface area (Å²) >= 11 is 0. The molecule has 0 amide bonds. The van der Waals surface area contributed by atoms with Crippen LogP contribution in [0.5, 0.6) is 0 Å². The second-order valence-corrected chi connectivity index (χ2v) is 4.61. The Morgan fingerprint density at radius 3 is 2.67 bits per heavy atom. The number of nitrogens with two attached hydrogens (primary N) is 1. The van der Waals surface area contributed by atoms with Crippen LogP contribution in [0.4, 0.5) is 0 Å². The van der Waals surface area contributed by atoms with E-state index in [9.17, 15) is 0 Å². The molecule has 3 heteroatoms. The van der Waals surface area contributed by atoms with Crippen molar-refractivity contribution in [1.29, 1.82) is 0 Å². The maximum absolute atomic E-state index is 6.26. The van der Waals surface area contributed by atoms with Crippen molar-refractivity contribution < 1.29 is 0 Å². The first-order chi connectivity index (χ1) is 8.83.